The maximum absolute atomic E-state index is 12.9. The summed E-state index contributed by atoms with van der Waals surface area (Å²) in [4.78, 5) is 21.4. The summed E-state index contributed by atoms with van der Waals surface area (Å²) in [7, 11) is 0. The molecule has 0 spiro atoms. The Labute approximate surface area is 136 Å². The van der Waals surface area contributed by atoms with Crippen LogP contribution in [0.1, 0.15) is 27.1 Å². The fourth-order valence-corrected chi connectivity index (χ4v) is 3.02. The van der Waals surface area contributed by atoms with Gasteiger partial charge < -0.3 is 4.98 Å². The minimum atomic E-state index is -4.78. The molecule has 0 fully saturated rings. The Hall–Kier alpha value is -2.84. The number of alkyl halides is 3. The first-order chi connectivity index (χ1) is 11.4. The number of hydrogen-bond acceptors (Lipinski definition) is 4. The third-order valence-electron chi connectivity index (χ3n) is 3.31. The number of benzene rings is 1. The molecule has 1 unspecified atom stereocenters. The molecule has 0 saturated heterocycles. The quantitative estimate of drug-likeness (QED) is 0.317. The maximum Gasteiger partial charge on any atom is 0.403 e. The number of carbonyl (C=O) groups excluding carboxylic acids is 1. The molecule has 10 heteroatoms. The van der Waals surface area contributed by atoms with Crippen LogP contribution in [0.5, 0.6) is 0 Å². The molecule has 122 valence electrons. The molecule has 0 aliphatic rings. The molecule has 0 aliphatic carbocycles. The zero-order chi connectivity index (χ0) is 17.3. The lowest BCUT2D eigenvalue weighted by molar-refractivity contribution is -0.149. The Bertz CT molecular complexity index is 955. The third kappa shape index (κ3) is 2.84. The Morgan fingerprint density at radius 1 is 1.38 bits per heavy atom. The van der Waals surface area contributed by atoms with Crippen molar-refractivity contribution >= 4 is 28.0 Å². The zero-order valence-corrected chi connectivity index (χ0v) is 12.6. The Balaban J connectivity index is 1.98. The number of para-hydroxylation sites is 1. The molecule has 0 radical (unpaired) electrons. The number of aromatic nitrogens is 2. The van der Waals surface area contributed by atoms with Crippen molar-refractivity contribution < 1.29 is 18.0 Å². The van der Waals surface area contributed by atoms with Gasteiger partial charge in [-0.15, -0.1) is 11.3 Å². The Morgan fingerprint density at radius 2 is 2.12 bits per heavy atom. The number of halogens is 3. The van der Waals surface area contributed by atoms with Gasteiger partial charge in [-0.2, -0.15) is 13.2 Å². The number of fused-ring (bicyclic) bond motifs is 1. The lowest BCUT2D eigenvalue weighted by atomic mass is 10.1. The van der Waals surface area contributed by atoms with Crippen molar-refractivity contribution in [1.29, 1.82) is 0 Å². The van der Waals surface area contributed by atoms with Gasteiger partial charge in [-0.05, 0) is 11.6 Å². The number of nitrogens with zero attached hydrogens (tertiary/aromatic N) is 4. The highest BCUT2D eigenvalue weighted by Gasteiger charge is 2.42. The lowest BCUT2D eigenvalue weighted by Crippen LogP contribution is -2.19. The zero-order valence-electron chi connectivity index (χ0n) is 11.8. The van der Waals surface area contributed by atoms with Gasteiger partial charge in [-0.3, -0.25) is 4.79 Å². The van der Waals surface area contributed by atoms with Crippen LogP contribution in [0.25, 0.3) is 21.3 Å². The van der Waals surface area contributed by atoms with Crippen molar-refractivity contribution in [3.8, 4) is 0 Å². The number of aromatic amines is 1. The minimum Gasteiger partial charge on any atom is -0.360 e. The van der Waals surface area contributed by atoms with Gasteiger partial charge in [-0.25, -0.2) is 4.98 Å². The molecule has 0 aliphatic heterocycles. The average Bonchev–Trinajstić information content (AvgIpc) is 3.18. The standard InChI is InChI=1S/C14H8F3N5OS/c15-14(16,17)12(21-22-18)10-6-24-13(20-10)11(23)8-5-19-9-4-2-1-3-7(8)9/h1-6,12,19H. The number of rotatable bonds is 4. The number of hydrogen-bond donors (Lipinski definition) is 1. The van der Waals surface area contributed by atoms with Crippen molar-refractivity contribution in [2.45, 2.75) is 12.2 Å². The number of nitrogens with one attached hydrogen (secondary N) is 1. The fraction of sp³-hybridized carbons (Fsp3) is 0.143. The van der Waals surface area contributed by atoms with E-state index in [2.05, 4.69) is 20.0 Å². The average molecular weight is 351 g/mol. The Morgan fingerprint density at radius 3 is 2.83 bits per heavy atom. The molecule has 1 N–H and O–H groups in total. The predicted octanol–water partition coefficient (Wildman–Crippen LogP) is 4.77. The topological polar surface area (TPSA) is 94.5 Å². The number of H-pyrrole nitrogens is 1. The fourth-order valence-electron chi connectivity index (χ4n) is 2.23. The summed E-state index contributed by atoms with van der Waals surface area (Å²) < 4.78 is 38.7. The molecule has 6 nitrogen and oxygen atoms in total. The summed E-state index contributed by atoms with van der Waals surface area (Å²) in [5, 5.41) is 4.37. The second kappa shape index (κ2) is 5.99. The first kappa shape index (κ1) is 16.0. The van der Waals surface area contributed by atoms with E-state index in [-0.39, 0.29) is 5.01 Å². The minimum absolute atomic E-state index is 0.0999. The molecule has 0 amide bonds. The van der Waals surface area contributed by atoms with E-state index in [0.29, 0.717) is 10.9 Å². The molecule has 24 heavy (non-hydrogen) atoms. The number of carbonyl (C=O) groups is 1. The van der Waals surface area contributed by atoms with E-state index in [4.69, 9.17) is 5.53 Å². The van der Waals surface area contributed by atoms with Crippen molar-refractivity contribution in [3.63, 3.8) is 0 Å². The molecule has 1 atom stereocenters. The smallest absolute Gasteiger partial charge is 0.360 e. The van der Waals surface area contributed by atoms with E-state index in [1.165, 1.54) is 6.20 Å². The van der Waals surface area contributed by atoms with Gasteiger partial charge in [-0.1, -0.05) is 23.3 Å². The molecule has 3 aromatic rings. The highest BCUT2D eigenvalue weighted by Crippen LogP contribution is 2.36. The summed E-state index contributed by atoms with van der Waals surface area (Å²) >= 11 is 0.777. The molecule has 0 saturated carbocycles. The van der Waals surface area contributed by atoms with Crippen LogP contribution < -0.4 is 0 Å². The van der Waals surface area contributed by atoms with Crippen LogP contribution >= 0.6 is 11.3 Å². The predicted molar refractivity (Wildman–Crippen MR) is 81.8 cm³/mol. The number of azide groups is 1. The summed E-state index contributed by atoms with van der Waals surface area (Å²) in [6, 6.07) is 4.64. The van der Waals surface area contributed by atoms with Crippen LogP contribution in [-0.2, 0) is 0 Å². The van der Waals surface area contributed by atoms with Gasteiger partial charge in [0, 0.05) is 27.4 Å². The molecule has 2 heterocycles. The van der Waals surface area contributed by atoms with Crippen molar-refractivity contribution in [2.24, 2.45) is 5.11 Å². The van der Waals surface area contributed by atoms with Gasteiger partial charge >= 0.3 is 6.18 Å². The first-order valence-corrected chi connectivity index (χ1v) is 7.47. The van der Waals surface area contributed by atoms with Crippen LogP contribution in [-0.4, -0.2) is 21.9 Å². The number of ketones is 1. The van der Waals surface area contributed by atoms with Crippen LogP contribution in [0.2, 0.25) is 0 Å². The normalized spacial score (nSPS) is 12.8. The van der Waals surface area contributed by atoms with Gasteiger partial charge in [0.2, 0.25) is 5.78 Å². The van der Waals surface area contributed by atoms with Gasteiger partial charge in [0.1, 0.15) is 0 Å². The monoisotopic (exact) mass is 351 g/mol. The SMILES string of the molecule is [N-]=[N+]=NC(c1csc(C(=O)c2c[nH]c3ccccc23)n1)C(F)(F)F. The van der Waals surface area contributed by atoms with Crippen LogP contribution in [0, 0.1) is 0 Å². The third-order valence-corrected chi connectivity index (χ3v) is 4.17. The van der Waals surface area contributed by atoms with E-state index < -0.39 is 23.7 Å². The molecule has 3 rings (SSSR count). The van der Waals surface area contributed by atoms with Crippen molar-refractivity contribution in [1.82, 2.24) is 9.97 Å². The van der Waals surface area contributed by atoms with Crippen molar-refractivity contribution in [2.75, 3.05) is 0 Å². The molecule has 2 aromatic heterocycles. The largest absolute Gasteiger partial charge is 0.403 e. The van der Waals surface area contributed by atoms with E-state index in [9.17, 15) is 18.0 Å². The maximum atomic E-state index is 12.9. The van der Waals surface area contributed by atoms with E-state index in [1.54, 1.807) is 24.3 Å². The van der Waals surface area contributed by atoms with Crippen LogP contribution in [0.3, 0.4) is 0 Å². The second-order valence-corrected chi connectivity index (χ2v) is 5.66. The van der Waals surface area contributed by atoms with E-state index >= 15 is 0 Å². The second-order valence-electron chi connectivity index (χ2n) is 4.80. The molecule has 0 bridgehead atoms. The van der Waals surface area contributed by atoms with Crippen molar-refractivity contribution in [3.05, 3.63) is 62.6 Å². The molecule has 1 aromatic carbocycles. The van der Waals surface area contributed by atoms with Crippen LogP contribution in [0.15, 0.2) is 41.0 Å². The van der Waals surface area contributed by atoms with E-state index in [0.717, 1.165) is 22.2 Å². The number of thiazole rings is 1. The van der Waals surface area contributed by atoms with Gasteiger partial charge in [0.15, 0.2) is 11.0 Å². The van der Waals surface area contributed by atoms with Gasteiger partial charge in [0.05, 0.1) is 11.3 Å². The van der Waals surface area contributed by atoms with Gasteiger partial charge in [0.25, 0.3) is 0 Å². The Kier molecular flexibility index (Phi) is 4.00. The summed E-state index contributed by atoms with van der Waals surface area (Å²) in [5.41, 5.74) is 8.87. The molecular formula is C14H8F3N5OS. The summed E-state index contributed by atoms with van der Waals surface area (Å²) in [6.07, 6.45) is -3.29. The summed E-state index contributed by atoms with van der Waals surface area (Å²) in [5.74, 6) is -0.495. The first-order valence-electron chi connectivity index (χ1n) is 6.59. The molecular weight excluding hydrogens is 343 g/mol. The van der Waals surface area contributed by atoms with E-state index in [1.807, 2.05) is 0 Å². The summed E-state index contributed by atoms with van der Waals surface area (Å²) in [6.45, 7) is 0. The highest BCUT2D eigenvalue weighted by molar-refractivity contribution is 7.12. The van der Waals surface area contributed by atoms with Crippen LogP contribution in [0.4, 0.5) is 13.2 Å². The highest BCUT2D eigenvalue weighted by atomic mass is 32.1. The lowest BCUT2D eigenvalue weighted by Gasteiger charge is -2.12.